The molecule has 0 aliphatic carbocycles. The predicted molar refractivity (Wildman–Crippen MR) is 99.2 cm³/mol. The molecule has 1 aromatic carbocycles. The summed E-state index contributed by atoms with van der Waals surface area (Å²) in [4.78, 5) is 14.5. The fourth-order valence-corrected chi connectivity index (χ4v) is 3.25. The highest BCUT2D eigenvalue weighted by molar-refractivity contribution is 5.76. The quantitative estimate of drug-likeness (QED) is 0.736. The molecule has 1 fully saturated rings. The average molecular weight is 338 g/mol. The van der Waals surface area contributed by atoms with Crippen LogP contribution in [-0.2, 0) is 11.3 Å². The largest absolute Gasteiger partial charge is 0.372 e. The first kappa shape index (κ1) is 17.5. The molecule has 0 spiro atoms. The van der Waals surface area contributed by atoms with Crippen molar-refractivity contribution in [3.8, 4) is 12.3 Å². The first-order valence-electron chi connectivity index (χ1n) is 9.19. The third-order valence-corrected chi connectivity index (χ3v) is 4.95. The van der Waals surface area contributed by atoms with Crippen LogP contribution in [0.15, 0.2) is 34.5 Å². The van der Waals surface area contributed by atoms with E-state index in [0.29, 0.717) is 25.8 Å². The van der Waals surface area contributed by atoms with Crippen LogP contribution in [0.4, 0.5) is 5.69 Å². The molecule has 0 saturated carbocycles. The van der Waals surface area contributed by atoms with Crippen molar-refractivity contribution in [2.45, 2.75) is 57.2 Å². The first-order valence-corrected chi connectivity index (χ1v) is 9.19. The number of nitrogens with one attached hydrogen (secondary N) is 1. The van der Waals surface area contributed by atoms with Gasteiger partial charge in [-0.1, -0.05) is 12.1 Å². The monoisotopic (exact) mass is 338 g/mol. The number of hydrogen-bond donors (Lipinski definition) is 1. The predicted octanol–water partition coefficient (Wildman–Crippen LogP) is 3.65. The third-order valence-electron chi connectivity index (χ3n) is 4.95. The number of carbonyl (C=O) groups is 1. The molecular weight excluding hydrogens is 312 g/mol. The second-order valence-electron chi connectivity index (χ2n) is 6.88. The Hall–Kier alpha value is -2.35. The van der Waals surface area contributed by atoms with Gasteiger partial charge in [0.25, 0.3) is 0 Å². The molecule has 0 radical (unpaired) electrons. The van der Waals surface area contributed by atoms with Gasteiger partial charge < -0.3 is 10.2 Å². The molecular formula is C20H26N4O. The SMILES string of the molecule is C#CCCC1(CCC(=O)NCc2ccc(N3CCCCC3)cc2)N=N1. The first-order chi connectivity index (χ1) is 12.2. The Morgan fingerprint density at radius 3 is 2.52 bits per heavy atom. The molecule has 0 bridgehead atoms. The minimum absolute atomic E-state index is 0.0393. The van der Waals surface area contributed by atoms with Gasteiger partial charge in [-0.3, -0.25) is 4.79 Å². The number of rotatable bonds is 8. The van der Waals surface area contributed by atoms with E-state index in [9.17, 15) is 4.79 Å². The maximum atomic E-state index is 12.0. The summed E-state index contributed by atoms with van der Waals surface area (Å²) in [7, 11) is 0. The Morgan fingerprint density at radius 1 is 1.16 bits per heavy atom. The number of amides is 1. The molecule has 2 heterocycles. The zero-order valence-electron chi connectivity index (χ0n) is 14.7. The topological polar surface area (TPSA) is 57.1 Å². The zero-order chi connectivity index (χ0) is 17.5. The van der Waals surface area contributed by atoms with Gasteiger partial charge in [-0.15, -0.1) is 12.3 Å². The van der Waals surface area contributed by atoms with Crippen LogP contribution < -0.4 is 10.2 Å². The third kappa shape index (κ3) is 5.06. The minimum Gasteiger partial charge on any atom is -0.372 e. The van der Waals surface area contributed by atoms with E-state index in [1.165, 1.54) is 24.9 Å². The normalized spacial score (nSPS) is 17.8. The Morgan fingerprint density at radius 2 is 1.88 bits per heavy atom. The Bertz CT molecular complexity index is 647. The molecule has 1 saturated heterocycles. The highest BCUT2D eigenvalue weighted by Gasteiger charge is 2.39. The van der Waals surface area contributed by atoms with E-state index in [0.717, 1.165) is 25.1 Å². The van der Waals surface area contributed by atoms with Crippen molar-refractivity contribution >= 4 is 11.6 Å². The Balaban J connectivity index is 1.39. The fourth-order valence-electron chi connectivity index (χ4n) is 3.25. The molecule has 0 unspecified atom stereocenters. The lowest BCUT2D eigenvalue weighted by Crippen LogP contribution is -2.29. The van der Waals surface area contributed by atoms with Gasteiger partial charge in [-0.25, -0.2) is 0 Å². The smallest absolute Gasteiger partial charge is 0.220 e. The lowest BCUT2D eigenvalue weighted by atomic mass is 10.0. The number of carbonyl (C=O) groups excluding carboxylic acids is 1. The molecule has 0 atom stereocenters. The van der Waals surface area contributed by atoms with Crippen molar-refractivity contribution in [3.05, 3.63) is 29.8 Å². The van der Waals surface area contributed by atoms with Gasteiger partial charge in [-0.05, 0) is 37.0 Å². The number of terminal acetylenes is 1. The minimum atomic E-state index is -0.375. The molecule has 0 aromatic heterocycles. The second-order valence-corrected chi connectivity index (χ2v) is 6.88. The molecule has 5 heteroatoms. The summed E-state index contributed by atoms with van der Waals surface area (Å²) in [6, 6.07) is 8.52. The van der Waals surface area contributed by atoms with Gasteiger partial charge in [0, 0.05) is 51.0 Å². The van der Waals surface area contributed by atoms with Crippen LogP contribution in [0.1, 0.15) is 50.5 Å². The average Bonchev–Trinajstić information content (AvgIpc) is 3.44. The molecule has 2 aliphatic heterocycles. The van der Waals surface area contributed by atoms with Gasteiger partial charge in [0.1, 0.15) is 0 Å². The van der Waals surface area contributed by atoms with Crippen molar-refractivity contribution in [2.75, 3.05) is 18.0 Å². The van der Waals surface area contributed by atoms with E-state index in [2.05, 4.69) is 50.6 Å². The van der Waals surface area contributed by atoms with Crippen molar-refractivity contribution in [1.82, 2.24) is 5.32 Å². The fraction of sp³-hybridized carbons (Fsp3) is 0.550. The summed E-state index contributed by atoms with van der Waals surface area (Å²) in [5.74, 6) is 2.64. The lowest BCUT2D eigenvalue weighted by Gasteiger charge is -2.28. The highest BCUT2D eigenvalue weighted by atomic mass is 16.1. The summed E-state index contributed by atoms with van der Waals surface area (Å²) in [6.45, 7) is 2.85. The number of nitrogens with zero attached hydrogens (tertiary/aromatic N) is 3. The molecule has 1 N–H and O–H groups in total. The molecule has 132 valence electrons. The van der Waals surface area contributed by atoms with Crippen molar-refractivity contribution in [1.29, 1.82) is 0 Å². The number of benzene rings is 1. The van der Waals surface area contributed by atoms with Gasteiger partial charge in [0.05, 0.1) is 0 Å². The second kappa shape index (κ2) is 8.15. The van der Waals surface area contributed by atoms with E-state index >= 15 is 0 Å². The van der Waals surface area contributed by atoms with Gasteiger partial charge in [-0.2, -0.15) is 10.2 Å². The zero-order valence-corrected chi connectivity index (χ0v) is 14.7. The molecule has 2 aliphatic rings. The van der Waals surface area contributed by atoms with Gasteiger partial charge in [0.2, 0.25) is 5.91 Å². The maximum Gasteiger partial charge on any atom is 0.220 e. The molecule has 5 nitrogen and oxygen atoms in total. The standard InChI is InChI=1S/C20H26N4O/c1-2-3-12-20(22-23-20)13-11-19(25)21-16-17-7-9-18(10-8-17)24-14-5-4-6-15-24/h1,7-10H,3-6,11-16H2,(H,21,25). The van der Waals surface area contributed by atoms with Crippen LogP contribution in [-0.4, -0.2) is 24.7 Å². The number of piperidine rings is 1. The van der Waals surface area contributed by atoms with E-state index in [1.54, 1.807) is 0 Å². The van der Waals surface area contributed by atoms with Gasteiger partial charge >= 0.3 is 0 Å². The van der Waals surface area contributed by atoms with Crippen LogP contribution in [0.3, 0.4) is 0 Å². The van der Waals surface area contributed by atoms with Crippen LogP contribution in [0.2, 0.25) is 0 Å². The number of anilines is 1. The molecule has 25 heavy (non-hydrogen) atoms. The highest BCUT2D eigenvalue weighted by Crippen LogP contribution is 2.37. The van der Waals surface area contributed by atoms with Crippen LogP contribution in [0.5, 0.6) is 0 Å². The Kier molecular flexibility index (Phi) is 5.70. The van der Waals surface area contributed by atoms with E-state index in [-0.39, 0.29) is 11.6 Å². The molecule has 1 amide bonds. The molecule has 1 aromatic rings. The van der Waals surface area contributed by atoms with Crippen LogP contribution in [0.25, 0.3) is 0 Å². The molecule has 3 rings (SSSR count). The summed E-state index contributed by atoms with van der Waals surface area (Å²) in [5, 5.41) is 11.1. The van der Waals surface area contributed by atoms with E-state index in [4.69, 9.17) is 6.42 Å². The van der Waals surface area contributed by atoms with Crippen molar-refractivity contribution in [2.24, 2.45) is 10.2 Å². The lowest BCUT2D eigenvalue weighted by molar-refractivity contribution is -0.121. The summed E-state index contributed by atoms with van der Waals surface area (Å²) in [6.07, 6.45) is 11.6. The maximum absolute atomic E-state index is 12.0. The van der Waals surface area contributed by atoms with Crippen molar-refractivity contribution < 1.29 is 4.79 Å². The number of hydrogen-bond acceptors (Lipinski definition) is 4. The van der Waals surface area contributed by atoms with E-state index in [1.807, 2.05) is 0 Å². The van der Waals surface area contributed by atoms with Crippen LogP contribution >= 0.6 is 0 Å². The van der Waals surface area contributed by atoms with E-state index < -0.39 is 0 Å². The van der Waals surface area contributed by atoms with Gasteiger partial charge in [0.15, 0.2) is 5.66 Å². The summed E-state index contributed by atoms with van der Waals surface area (Å²) < 4.78 is 0. The Labute approximate surface area is 149 Å². The van der Waals surface area contributed by atoms with Crippen molar-refractivity contribution in [3.63, 3.8) is 0 Å². The summed E-state index contributed by atoms with van der Waals surface area (Å²) >= 11 is 0. The summed E-state index contributed by atoms with van der Waals surface area (Å²) in [5.41, 5.74) is 2.03. The van der Waals surface area contributed by atoms with Crippen LogP contribution in [0, 0.1) is 12.3 Å².